The number of nitrogens with two attached hydrogens (primary N) is 1. The Balaban J connectivity index is 2.16. The predicted molar refractivity (Wildman–Crippen MR) is 81.6 cm³/mol. The molecule has 2 rings (SSSR count). The molecule has 0 aliphatic rings. The summed E-state index contributed by atoms with van der Waals surface area (Å²) in [5, 5.41) is 10.7. The summed E-state index contributed by atoms with van der Waals surface area (Å²) in [5.41, 5.74) is 7.80. The summed E-state index contributed by atoms with van der Waals surface area (Å²) < 4.78 is 5.75. The molecular weight excluding hydrogens is 268 g/mol. The minimum absolute atomic E-state index is 0.0279. The first-order chi connectivity index (χ1) is 10.0. The third-order valence-electron chi connectivity index (χ3n) is 3.35. The van der Waals surface area contributed by atoms with Crippen molar-refractivity contribution in [2.45, 2.75) is 26.3 Å². The van der Waals surface area contributed by atoms with Gasteiger partial charge >= 0.3 is 0 Å². The molecular formula is C16H18N2O3. The molecule has 1 atom stereocenters. The van der Waals surface area contributed by atoms with Gasteiger partial charge in [-0.05, 0) is 42.7 Å². The molecule has 2 aromatic rings. The predicted octanol–water partition coefficient (Wildman–Crippen LogP) is 4.11. The lowest BCUT2D eigenvalue weighted by Crippen LogP contribution is -2.08. The van der Waals surface area contributed by atoms with Crippen LogP contribution in [0, 0.1) is 17.0 Å². The van der Waals surface area contributed by atoms with E-state index in [0.717, 1.165) is 17.5 Å². The maximum Gasteiger partial charge on any atom is 0.269 e. The lowest BCUT2D eigenvalue weighted by molar-refractivity contribution is -0.384. The largest absolute Gasteiger partial charge is 0.457 e. The molecule has 0 radical (unpaired) electrons. The summed E-state index contributed by atoms with van der Waals surface area (Å²) in [6.45, 7) is 3.82. The summed E-state index contributed by atoms with van der Waals surface area (Å²) in [5.74, 6) is 1.28. The van der Waals surface area contributed by atoms with E-state index < -0.39 is 4.92 Å². The van der Waals surface area contributed by atoms with Gasteiger partial charge in [0.05, 0.1) is 4.92 Å². The number of nitro groups is 1. The van der Waals surface area contributed by atoms with Crippen LogP contribution in [0.1, 0.15) is 30.5 Å². The van der Waals surface area contributed by atoms with E-state index in [9.17, 15) is 10.1 Å². The van der Waals surface area contributed by atoms with Gasteiger partial charge in [-0.25, -0.2) is 0 Å². The summed E-state index contributed by atoms with van der Waals surface area (Å²) in [6.07, 6.45) is 0.877. The molecule has 0 saturated carbocycles. The SMILES string of the molecule is CCC(N)c1ccc(Oc2ccc([N+](=O)[O-])cc2C)cc1. The van der Waals surface area contributed by atoms with Crippen molar-refractivity contribution in [3.63, 3.8) is 0 Å². The third kappa shape index (κ3) is 3.58. The van der Waals surface area contributed by atoms with Gasteiger partial charge < -0.3 is 10.5 Å². The molecule has 0 aromatic heterocycles. The van der Waals surface area contributed by atoms with Crippen molar-refractivity contribution in [2.24, 2.45) is 5.73 Å². The fourth-order valence-corrected chi connectivity index (χ4v) is 2.01. The van der Waals surface area contributed by atoms with E-state index in [2.05, 4.69) is 0 Å². The van der Waals surface area contributed by atoms with Crippen LogP contribution >= 0.6 is 0 Å². The molecule has 21 heavy (non-hydrogen) atoms. The normalized spacial score (nSPS) is 12.0. The number of nitro benzene ring substituents is 1. The molecule has 1 unspecified atom stereocenters. The zero-order chi connectivity index (χ0) is 15.4. The van der Waals surface area contributed by atoms with Crippen LogP contribution in [-0.2, 0) is 0 Å². The fraction of sp³-hybridized carbons (Fsp3) is 0.250. The molecule has 0 aliphatic carbocycles. The molecule has 5 nitrogen and oxygen atoms in total. The molecule has 0 amide bonds. The number of rotatable bonds is 5. The smallest absolute Gasteiger partial charge is 0.269 e. The van der Waals surface area contributed by atoms with Crippen molar-refractivity contribution in [2.75, 3.05) is 0 Å². The number of nitrogens with zero attached hydrogens (tertiary/aromatic N) is 1. The van der Waals surface area contributed by atoms with Crippen LogP contribution in [0.25, 0.3) is 0 Å². The minimum atomic E-state index is -0.419. The number of hydrogen-bond acceptors (Lipinski definition) is 4. The number of non-ortho nitro benzene ring substituents is 1. The summed E-state index contributed by atoms with van der Waals surface area (Å²) in [6, 6.07) is 12.1. The topological polar surface area (TPSA) is 78.4 Å². The van der Waals surface area contributed by atoms with E-state index in [4.69, 9.17) is 10.5 Å². The van der Waals surface area contributed by atoms with Crippen molar-refractivity contribution >= 4 is 5.69 Å². The van der Waals surface area contributed by atoms with E-state index in [1.54, 1.807) is 13.0 Å². The van der Waals surface area contributed by atoms with Crippen molar-refractivity contribution in [3.05, 3.63) is 63.7 Å². The van der Waals surface area contributed by atoms with Gasteiger partial charge in [0, 0.05) is 18.2 Å². The molecule has 2 aromatic carbocycles. The standard InChI is InChI=1S/C16H18N2O3/c1-3-15(17)12-4-7-14(8-5-12)21-16-9-6-13(18(19)20)10-11(16)2/h4-10,15H,3,17H2,1-2H3. The first kappa shape index (κ1) is 15.0. The highest BCUT2D eigenvalue weighted by atomic mass is 16.6. The monoisotopic (exact) mass is 286 g/mol. The van der Waals surface area contributed by atoms with Crippen molar-refractivity contribution < 1.29 is 9.66 Å². The van der Waals surface area contributed by atoms with Gasteiger partial charge in [-0.15, -0.1) is 0 Å². The van der Waals surface area contributed by atoms with Crippen LogP contribution in [0.4, 0.5) is 5.69 Å². The highest BCUT2D eigenvalue weighted by Gasteiger charge is 2.10. The molecule has 0 aliphatic heterocycles. The van der Waals surface area contributed by atoms with Crippen LogP contribution in [0.15, 0.2) is 42.5 Å². The second-order valence-electron chi connectivity index (χ2n) is 4.89. The number of aryl methyl sites for hydroxylation is 1. The summed E-state index contributed by atoms with van der Waals surface area (Å²) >= 11 is 0. The lowest BCUT2D eigenvalue weighted by atomic mass is 10.1. The second-order valence-corrected chi connectivity index (χ2v) is 4.89. The molecule has 0 heterocycles. The second kappa shape index (κ2) is 6.37. The first-order valence-electron chi connectivity index (χ1n) is 6.79. The molecule has 0 saturated heterocycles. The van der Waals surface area contributed by atoms with E-state index in [-0.39, 0.29) is 11.7 Å². The van der Waals surface area contributed by atoms with Gasteiger partial charge in [0.2, 0.25) is 0 Å². The van der Waals surface area contributed by atoms with Crippen LogP contribution in [-0.4, -0.2) is 4.92 Å². The van der Waals surface area contributed by atoms with Crippen LogP contribution < -0.4 is 10.5 Å². The van der Waals surface area contributed by atoms with E-state index in [0.29, 0.717) is 11.5 Å². The van der Waals surface area contributed by atoms with Gasteiger partial charge in [-0.1, -0.05) is 19.1 Å². The van der Waals surface area contributed by atoms with Crippen LogP contribution in [0.5, 0.6) is 11.5 Å². The highest BCUT2D eigenvalue weighted by molar-refractivity contribution is 5.45. The Morgan fingerprint density at radius 1 is 1.24 bits per heavy atom. The Labute approximate surface area is 123 Å². The van der Waals surface area contributed by atoms with Gasteiger partial charge in [-0.3, -0.25) is 10.1 Å². The Hall–Kier alpha value is -2.40. The minimum Gasteiger partial charge on any atom is -0.457 e. The number of benzene rings is 2. The number of ether oxygens (including phenoxy) is 1. The van der Waals surface area contributed by atoms with Gasteiger partial charge in [0.1, 0.15) is 11.5 Å². The lowest BCUT2D eigenvalue weighted by Gasteiger charge is -2.11. The molecule has 0 spiro atoms. The molecule has 5 heteroatoms. The van der Waals surface area contributed by atoms with Crippen molar-refractivity contribution in [3.8, 4) is 11.5 Å². The molecule has 2 N–H and O–H groups in total. The fourth-order valence-electron chi connectivity index (χ4n) is 2.01. The Bertz CT molecular complexity index is 638. The zero-order valence-electron chi connectivity index (χ0n) is 12.1. The maximum absolute atomic E-state index is 10.7. The number of hydrogen-bond donors (Lipinski definition) is 1. The molecule has 0 fully saturated rings. The average Bonchev–Trinajstić information content (AvgIpc) is 2.49. The van der Waals surface area contributed by atoms with Gasteiger partial charge in [-0.2, -0.15) is 0 Å². The highest BCUT2D eigenvalue weighted by Crippen LogP contribution is 2.28. The molecule has 0 bridgehead atoms. The van der Waals surface area contributed by atoms with Crippen LogP contribution in [0.2, 0.25) is 0 Å². The Morgan fingerprint density at radius 2 is 1.90 bits per heavy atom. The van der Waals surface area contributed by atoms with Crippen LogP contribution in [0.3, 0.4) is 0 Å². The van der Waals surface area contributed by atoms with E-state index in [1.165, 1.54) is 12.1 Å². The average molecular weight is 286 g/mol. The third-order valence-corrected chi connectivity index (χ3v) is 3.35. The van der Waals surface area contributed by atoms with Gasteiger partial charge in [0.15, 0.2) is 0 Å². The quantitative estimate of drug-likeness (QED) is 0.662. The molecule has 110 valence electrons. The van der Waals surface area contributed by atoms with Crippen molar-refractivity contribution in [1.82, 2.24) is 0 Å². The first-order valence-corrected chi connectivity index (χ1v) is 6.79. The summed E-state index contributed by atoms with van der Waals surface area (Å²) in [7, 11) is 0. The Morgan fingerprint density at radius 3 is 2.43 bits per heavy atom. The maximum atomic E-state index is 10.7. The van der Waals surface area contributed by atoms with Crippen molar-refractivity contribution in [1.29, 1.82) is 0 Å². The van der Waals surface area contributed by atoms with Gasteiger partial charge in [0.25, 0.3) is 5.69 Å². The zero-order valence-corrected chi connectivity index (χ0v) is 12.1. The Kier molecular flexibility index (Phi) is 4.55. The summed E-state index contributed by atoms with van der Waals surface area (Å²) in [4.78, 5) is 10.3. The van der Waals surface area contributed by atoms with E-state index in [1.807, 2.05) is 31.2 Å². The van der Waals surface area contributed by atoms with E-state index >= 15 is 0 Å².